The molecule has 10 nitrogen and oxygen atoms in total. The van der Waals surface area contributed by atoms with Crippen LogP contribution in [0.2, 0.25) is 0 Å². The van der Waals surface area contributed by atoms with Gasteiger partial charge in [0.15, 0.2) is 11.5 Å². The van der Waals surface area contributed by atoms with Crippen molar-refractivity contribution in [3.63, 3.8) is 0 Å². The van der Waals surface area contributed by atoms with Crippen LogP contribution in [0.1, 0.15) is 39.1 Å². The van der Waals surface area contributed by atoms with Crippen LogP contribution in [0.5, 0.6) is 17.4 Å². The van der Waals surface area contributed by atoms with Crippen molar-refractivity contribution in [2.24, 2.45) is 5.10 Å². The van der Waals surface area contributed by atoms with Gasteiger partial charge in [0.1, 0.15) is 12.0 Å². The average molecular weight is 645 g/mol. The van der Waals surface area contributed by atoms with Crippen molar-refractivity contribution in [3.8, 4) is 17.4 Å². The van der Waals surface area contributed by atoms with E-state index in [-0.39, 0.29) is 17.1 Å². The Morgan fingerprint density at radius 1 is 1.13 bits per heavy atom. The van der Waals surface area contributed by atoms with Crippen LogP contribution in [0.15, 0.2) is 67.5 Å². The van der Waals surface area contributed by atoms with E-state index in [9.17, 15) is 14.9 Å². The van der Waals surface area contributed by atoms with Gasteiger partial charge in [-0.2, -0.15) is 9.78 Å². The Labute approximate surface area is 234 Å². The second-order valence-electron chi connectivity index (χ2n) is 9.18. The summed E-state index contributed by atoms with van der Waals surface area (Å²) in [7, 11) is 0. The number of halogens is 2. The molecule has 2 aromatic heterocycles. The summed E-state index contributed by atoms with van der Waals surface area (Å²) >= 11 is 6.95. The van der Waals surface area contributed by atoms with Gasteiger partial charge >= 0.3 is 0 Å². The summed E-state index contributed by atoms with van der Waals surface area (Å²) in [6.45, 7) is 8.09. The van der Waals surface area contributed by atoms with E-state index >= 15 is 0 Å². The molecule has 38 heavy (non-hydrogen) atoms. The Bertz CT molecular complexity index is 1610. The first-order chi connectivity index (χ1) is 18.0. The summed E-state index contributed by atoms with van der Waals surface area (Å²) < 4.78 is 14.3. The van der Waals surface area contributed by atoms with Crippen molar-refractivity contribution in [2.45, 2.75) is 33.1 Å². The SMILES string of the molecule is CCOc1cc(C=Nn2c(C(C)(C)C)nc3ccc(Br)cc3c2=O)c(Br)cc1Oc1ccc([N+](=O)[O-])cn1. The van der Waals surface area contributed by atoms with Gasteiger partial charge in [0, 0.05) is 32.1 Å². The van der Waals surface area contributed by atoms with Gasteiger partial charge in [0.25, 0.3) is 11.2 Å². The fourth-order valence-corrected chi connectivity index (χ4v) is 4.30. The Hall–Kier alpha value is -3.64. The summed E-state index contributed by atoms with van der Waals surface area (Å²) in [6, 6.07) is 11.5. The maximum absolute atomic E-state index is 13.4. The third-order valence-electron chi connectivity index (χ3n) is 5.30. The molecule has 0 bridgehead atoms. The highest BCUT2D eigenvalue weighted by Crippen LogP contribution is 2.36. The van der Waals surface area contributed by atoms with Crippen LogP contribution in [0.25, 0.3) is 10.9 Å². The van der Waals surface area contributed by atoms with Crippen molar-refractivity contribution < 1.29 is 14.4 Å². The van der Waals surface area contributed by atoms with Crippen molar-refractivity contribution >= 4 is 54.7 Å². The third kappa shape index (κ3) is 5.91. The number of fused-ring (bicyclic) bond motifs is 1. The van der Waals surface area contributed by atoms with Crippen LogP contribution in [0.3, 0.4) is 0 Å². The number of hydrogen-bond acceptors (Lipinski definition) is 8. The van der Waals surface area contributed by atoms with E-state index in [2.05, 4.69) is 41.9 Å². The first-order valence-corrected chi connectivity index (χ1v) is 13.1. The molecule has 0 aliphatic rings. The highest BCUT2D eigenvalue weighted by molar-refractivity contribution is 9.10. The first-order valence-electron chi connectivity index (χ1n) is 11.5. The molecule has 0 amide bonds. The van der Waals surface area contributed by atoms with Gasteiger partial charge in [-0.25, -0.2) is 9.97 Å². The molecular weight excluding hydrogens is 622 g/mol. The number of aromatic nitrogens is 3. The molecule has 2 aromatic carbocycles. The molecular formula is C26H23Br2N5O5. The lowest BCUT2D eigenvalue weighted by atomic mass is 9.95. The average Bonchev–Trinajstić information content (AvgIpc) is 2.85. The Morgan fingerprint density at radius 2 is 1.89 bits per heavy atom. The second kappa shape index (κ2) is 11.0. The monoisotopic (exact) mass is 643 g/mol. The zero-order valence-corrected chi connectivity index (χ0v) is 24.1. The quantitative estimate of drug-likeness (QED) is 0.126. The smallest absolute Gasteiger partial charge is 0.287 e. The molecule has 0 aliphatic carbocycles. The van der Waals surface area contributed by atoms with Gasteiger partial charge in [0.2, 0.25) is 5.88 Å². The number of rotatable bonds is 7. The minimum absolute atomic E-state index is 0.143. The largest absolute Gasteiger partial charge is 0.490 e. The zero-order valence-electron chi connectivity index (χ0n) is 20.9. The van der Waals surface area contributed by atoms with Crippen LogP contribution in [0.4, 0.5) is 5.69 Å². The summed E-state index contributed by atoms with van der Waals surface area (Å²) in [6.07, 6.45) is 2.66. The lowest BCUT2D eigenvalue weighted by Crippen LogP contribution is -2.29. The highest BCUT2D eigenvalue weighted by Gasteiger charge is 2.23. The van der Waals surface area contributed by atoms with E-state index in [1.807, 2.05) is 33.8 Å². The van der Waals surface area contributed by atoms with E-state index in [0.29, 0.717) is 44.9 Å². The topological polar surface area (TPSA) is 122 Å². The van der Waals surface area contributed by atoms with E-state index < -0.39 is 10.3 Å². The third-order valence-corrected chi connectivity index (χ3v) is 6.48. The number of nitro groups is 1. The summed E-state index contributed by atoms with van der Waals surface area (Å²) in [5.41, 5.74) is 0.327. The second-order valence-corrected chi connectivity index (χ2v) is 10.9. The highest BCUT2D eigenvalue weighted by atomic mass is 79.9. The standard InChI is InChI=1S/C26H23Br2N5O5/c1-5-37-21-10-15(19(28)12-22(21)38-23-9-7-17(14-29-23)33(35)36)13-30-32-24(34)18-11-16(27)6-8-20(18)31-25(32)26(2,3)4/h6-14H,5H2,1-4H3. The number of hydrogen-bond donors (Lipinski definition) is 0. The van der Waals surface area contributed by atoms with E-state index in [1.54, 1.807) is 30.5 Å². The minimum atomic E-state index is -0.534. The fourth-order valence-electron chi connectivity index (χ4n) is 3.51. The van der Waals surface area contributed by atoms with Gasteiger partial charge in [0.05, 0.1) is 28.6 Å². The predicted molar refractivity (Wildman–Crippen MR) is 152 cm³/mol. The maximum Gasteiger partial charge on any atom is 0.287 e. The molecule has 0 saturated carbocycles. The number of nitrogens with zero attached hydrogens (tertiary/aromatic N) is 5. The zero-order chi connectivity index (χ0) is 27.6. The Kier molecular flexibility index (Phi) is 7.93. The van der Waals surface area contributed by atoms with E-state index in [0.717, 1.165) is 10.7 Å². The Balaban J connectivity index is 1.76. The van der Waals surface area contributed by atoms with Crippen LogP contribution >= 0.6 is 31.9 Å². The normalized spacial score (nSPS) is 11.7. The Morgan fingerprint density at radius 3 is 2.53 bits per heavy atom. The number of pyridine rings is 1. The van der Waals surface area contributed by atoms with Crippen LogP contribution < -0.4 is 15.0 Å². The first kappa shape index (κ1) is 27.4. The van der Waals surface area contributed by atoms with Crippen molar-refractivity contribution in [3.05, 3.63) is 89.5 Å². The molecule has 0 fully saturated rings. The summed E-state index contributed by atoms with van der Waals surface area (Å²) in [4.78, 5) is 32.5. The molecule has 196 valence electrons. The van der Waals surface area contributed by atoms with Crippen molar-refractivity contribution in [1.82, 2.24) is 14.6 Å². The maximum atomic E-state index is 13.4. The number of ether oxygens (including phenoxy) is 2. The van der Waals surface area contributed by atoms with Gasteiger partial charge in [-0.3, -0.25) is 14.9 Å². The van der Waals surface area contributed by atoms with Crippen molar-refractivity contribution in [1.29, 1.82) is 0 Å². The molecule has 0 N–H and O–H groups in total. The molecule has 0 unspecified atom stereocenters. The predicted octanol–water partition coefficient (Wildman–Crippen LogP) is 6.60. The molecule has 4 aromatic rings. The van der Waals surface area contributed by atoms with E-state index in [1.165, 1.54) is 16.8 Å². The van der Waals surface area contributed by atoms with Crippen LogP contribution in [-0.2, 0) is 5.41 Å². The summed E-state index contributed by atoms with van der Waals surface area (Å²) in [5.74, 6) is 1.43. The number of benzene rings is 2. The molecule has 2 heterocycles. The molecule has 0 saturated heterocycles. The van der Waals surface area contributed by atoms with Gasteiger partial charge < -0.3 is 9.47 Å². The lowest BCUT2D eigenvalue weighted by Gasteiger charge is -2.21. The minimum Gasteiger partial charge on any atom is -0.490 e. The van der Waals surface area contributed by atoms with Gasteiger partial charge in [-0.1, -0.05) is 36.7 Å². The lowest BCUT2D eigenvalue weighted by molar-refractivity contribution is -0.385. The molecule has 0 aliphatic heterocycles. The molecule has 12 heteroatoms. The fraction of sp³-hybridized carbons (Fsp3) is 0.231. The van der Waals surface area contributed by atoms with Crippen molar-refractivity contribution in [2.75, 3.05) is 6.61 Å². The molecule has 0 radical (unpaired) electrons. The van der Waals surface area contributed by atoms with Gasteiger partial charge in [-0.05, 0) is 53.2 Å². The van der Waals surface area contributed by atoms with Gasteiger partial charge in [-0.15, -0.1) is 0 Å². The van der Waals surface area contributed by atoms with E-state index in [4.69, 9.17) is 14.5 Å². The molecule has 0 atom stereocenters. The molecule has 4 rings (SSSR count). The van der Waals surface area contributed by atoms with Crippen LogP contribution in [0, 0.1) is 10.1 Å². The summed E-state index contributed by atoms with van der Waals surface area (Å²) in [5, 5.41) is 15.9. The van der Waals surface area contributed by atoms with Crippen LogP contribution in [-0.4, -0.2) is 32.4 Å². The molecule has 0 spiro atoms.